The molecule has 0 spiro atoms. The van der Waals surface area contributed by atoms with Crippen LogP contribution in [0.25, 0.3) is 0 Å². The zero-order valence-electron chi connectivity index (χ0n) is 51.7. The fourth-order valence-electron chi connectivity index (χ4n) is 10.2. The molecule has 0 rings (SSSR count). The molecule has 1 atom stereocenters. The van der Waals surface area contributed by atoms with Gasteiger partial charge in [0.2, 0.25) is 0 Å². The highest BCUT2D eigenvalue weighted by atomic mass is 16.6. The van der Waals surface area contributed by atoms with Crippen molar-refractivity contribution < 1.29 is 28.6 Å². The van der Waals surface area contributed by atoms with Gasteiger partial charge in [0.25, 0.3) is 0 Å². The molecule has 0 radical (unpaired) electrons. The minimum absolute atomic E-state index is 0.0741. The number of allylic oxidation sites excluding steroid dienone is 8. The van der Waals surface area contributed by atoms with E-state index in [1.807, 2.05) is 0 Å². The van der Waals surface area contributed by atoms with Crippen LogP contribution in [0.4, 0.5) is 0 Å². The van der Waals surface area contributed by atoms with Gasteiger partial charge in [-0.25, -0.2) is 0 Å². The molecule has 6 nitrogen and oxygen atoms in total. The van der Waals surface area contributed by atoms with Gasteiger partial charge in [-0.15, -0.1) is 0 Å². The second kappa shape index (κ2) is 65.9. The Kier molecular flexibility index (Phi) is 63.6. The molecule has 0 saturated heterocycles. The number of esters is 3. The highest BCUT2D eigenvalue weighted by Gasteiger charge is 2.19. The van der Waals surface area contributed by atoms with Crippen molar-refractivity contribution in [2.45, 2.75) is 374 Å². The van der Waals surface area contributed by atoms with Crippen LogP contribution in [0.3, 0.4) is 0 Å². The Bertz CT molecular complexity index is 1330. The number of carbonyl (C=O) groups excluding carboxylic acids is 3. The minimum atomic E-state index is -0.778. The molecule has 0 aliphatic heterocycles. The normalized spacial score (nSPS) is 12.3. The number of hydrogen-bond acceptors (Lipinski definition) is 6. The van der Waals surface area contributed by atoms with Crippen LogP contribution in [0.5, 0.6) is 0 Å². The maximum atomic E-state index is 12.9. The van der Waals surface area contributed by atoms with Gasteiger partial charge in [0.15, 0.2) is 6.10 Å². The molecule has 0 heterocycles. The van der Waals surface area contributed by atoms with Crippen LogP contribution in [0.1, 0.15) is 367 Å². The summed E-state index contributed by atoms with van der Waals surface area (Å²) in [6.07, 6.45) is 82.8. The summed E-state index contributed by atoms with van der Waals surface area (Å²) in [4.78, 5) is 38.4. The summed E-state index contributed by atoms with van der Waals surface area (Å²) in [6, 6.07) is 0. The van der Waals surface area contributed by atoms with E-state index in [2.05, 4.69) is 69.4 Å². The Hall–Kier alpha value is -2.63. The van der Waals surface area contributed by atoms with Crippen LogP contribution in [-0.2, 0) is 28.6 Å². The van der Waals surface area contributed by atoms with E-state index in [4.69, 9.17) is 14.2 Å². The van der Waals surface area contributed by atoms with Gasteiger partial charge in [0.05, 0.1) is 0 Å². The van der Waals surface area contributed by atoms with Gasteiger partial charge in [0, 0.05) is 19.3 Å². The van der Waals surface area contributed by atoms with Crippen LogP contribution < -0.4 is 0 Å². The van der Waals surface area contributed by atoms with Crippen molar-refractivity contribution in [3.05, 3.63) is 48.6 Å². The first-order valence-electron chi connectivity index (χ1n) is 34.1. The van der Waals surface area contributed by atoms with Gasteiger partial charge in [-0.3, -0.25) is 14.4 Å². The highest BCUT2D eigenvalue weighted by Crippen LogP contribution is 2.18. The monoisotopic (exact) mass is 1080 g/mol. The third-order valence-electron chi connectivity index (χ3n) is 15.3. The third kappa shape index (κ3) is 64.1. The molecule has 0 aromatic rings. The van der Waals surface area contributed by atoms with Crippen molar-refractivity contribution in [1.29, 1.82) is 0 Å². The lowest BCUT2D eigenvalue weighted by Gasteiger charge is -2.18. The molecular weight excluding hydrogens is 949 g/mol. The molecule has 0 bridgehead atoms. The molecule has 0 amide bonds. The number of unbranched alkanes of at least 4 members (excludes halogenated alkanes) is 44. The SMILES string of the molecule is CC/C=C\C/C=C\C/C=C\CCCCCCCC(=O)OCC(COC(=O)CCCCCCCCCCCCCCCCC/C=C\CCCCCCCCCC)OC(=O)CCCCCCCCCCCCCCCCCCC. The van der Waals surface area contributed by atoms with Gasteiger partial charge >= 0.3 is 17.9 Å². The maximum absolute atomic E-state index is 12.9. The molecule has 0 saturated carbocycles. The molecular formula is C71H130O6. The summed E-state index contributed by atoms with van der Waals surface area (Å²) < 4.78 is 17.0. The largest absolute Gasteiger partial charge is 0.462 e. The van der Waals surface area contributed by atoms with Crippen LogP contribution >= 0.6 is 0 Å². The van der Waals surface area contributed by atoms with Crippen molar-refractivity contribution in [3.8, 4) is 0 Å². The summed E-state index contributed by atoms with van der Waals surface area (Å²) in [5.74, 6) is -0.867. The van der Waals surface area contributed by atoms with E-state index in [1.54, 1.807) is 0 Å². The fourth-order valence-corrected chi connectivity index (χ4v) is 10.2. The summed E-state index contributed by atoms with van der Waals surface area (Å²) in [5, 5.41) is 0. The predicted molar refractivity (Wildman–Crippen MR) is 335 cm³/mol. The van der Waals surface area contributed by atoms with Gasteiger partial charge in [-0.05, 0) is 77.0 Å². The van der Waals surface area contributed by atoms with Gasteiger partial charge in [0.1, 0.15) is 13.2 Å². The first kappa shape index (κ1) is 74.4. The Labute approximate surface area is 479 Å². The second-order valence-electron chi connectivity index (χ2n) is 23.1. The molecule has 0 aromatic heterocycles. The molecule has 450 valence electrons. The lowest BCUT2D eigenvalue weighted by Crippen LogP contribution is -2.30. The molecule has 1 unspecified atom stereocenters. The highest BCUT2D eigenvalue weighted by molar-refractivity contribution is 5.71. The smallest absolute Gasteiger partial charge is 0.306 e. The van der Waals surface area contributed by atoms with E-state index in [9.17, 15) is 14.4 Å². The van der Waals surface area contributed by atoms with Gasteiger partial charge < -0.3 is 14.2 Å². The van der Waals surface area contributed by atoms with Crippen LogP contribution in [0.2, 0.25) is 0 Å². The maximum Gasteiger partial charge on any atom is 0.306 e. The quantitative estimate of drug-likeness (QED) is 0.0261. The molecule has 0 N–H and O–H groups in total. The average Bonchev–Trinajstić information content (AvgIpc) is 3.43. The number of carbonyl (C=O) groups is 3. The predicted octanol–water partition coefficient (Wildman–Crippen LogP) is 23.3. The lowest BCUT2D eigenvalue weighted by molar-refractivity contribution is -0.167. The zero-order chi connectivity index (χ0) is 55.7. The van der Waals surface area contributed by atoms with Crippen molar-refractivity contribution >= 4 is 17.9 Å². The standard InChI is InChI=1S/C71H130O6/c1-4-7-10-13-16-19-22-25-28-30-31-32-33-34-35-36-37-38-39-41-43-46-49-52-55-58-61-64-70(73)76-67-68(66-75-69(72)63-60-57-54-51-48-45-42-27-24-21-18-15-12-9-6-3)77-71(74)65-62-59-56-53-50-47-44-40-29-26-23-20-17-14-11-8-5-2/h9,12,18,21,27,30-31,42,68H,4-8,10-11,13-17,19-20,22-26,28-29,32-41,43-67H2,1-3H3/b12-9-,21-18-,31-30-,42-27-. The average molecular weight is 1080 g/mol. The first-order valence-corrected chi connectivity index (χ1v) is 34.1. The van der Waals surface area contributed by atoms with Crippen LogP contribution in [-0.4, -0.2) is 37.2 Å². The molecule has 77 heavy (non-hydrogen) atoms. The molecule has 0 aromatic carbocycles. The number of ether oxygens (including phenoxy) is 3. The summed E-state index contributed by atoms with van der Waals surface area (Å²) in [6.45, 7) is 6.58. The van der Waals surface area contributed by atoms with Crippen LogP contribution in [0.15, 0.2) is 48.6 Å². The van der Waals surface area contributed by atoms with Gasteiger partial charge in [-0.1, -0.05) is 320 Å². The Morgan fingerprint density at radius 2 is 0.506 bits per heavy atom. The van der Waals surface area contributed by atoms with E-state index in [0.717, 1.165) is 96.3 Å². The topological polar surface area (TPSA) is 78.9 Å². The second-order valence-corrected chi connectivity index (χ2v) is 23.1. The Morgan fingerprint density at radius 3 is 0.805 bits per heavy atom. The minimum Gasteiger partial charge on any atom is -0.462 e. The zero-order valence-corrected chi connectivity index (χ0v) is 51.7. The van der Waals surface area contributed by atoms with Gasteiger partial charge in [-0.2, -0.15) is 0 Å². The molecule has 6 heteroatoms. The summed E-state index contributed by atoms with van der Waals surface area (Å²) >= 11 is 0. The van der Waals surface area contributed by atoms with Crippen molar-refractivity contribution in [3.63, 3.8) is 0 Å². The Morgan fingerprint density at radius 1 is 0.273 bits per heavy atom. The number of rotatable bonds is 63. The van der Waals surface area contributed by atoms with Crippen molar-refractivity contribution in [2.75, 3.05) is 13.2 Å². The Balaban J connectivity index is 4.24. The van der Waals surface area contributed by atoms with E-state index < -0.39 is 6.10 Å². The van der Waals surface area contributed by atoms with E-state index in [-0.39, 0.29) is 31.1 Å². The van der Waals surface area contributed by atoms with E-state index in [1.165, 1.54) is 231 Å². The summed E-state index contributed by atoms with van der Waals surface area (Å²) in [5.41, 5.74) is 0. The summed E-state index contributed by atoms with van der Waals surface area (Å²) in [7, 11) is 0. The molecule has 0 aliphatic carbocycles. The van der Waals surface area contributed by atoms with E-state index in [0.29, 0.717) is 19.3 Å². The number of hydrogen-bond donors (Lipinski definition) is 0. The van der Waals surface area contributed by atoms with Crippen molar-refractivity contribution in [2.24, 2.45) is 0 Å². The van der Waals surface area contributed by atoms with Crippen molar-refractivity contribution in [1.82, 2.24) is 0 Å². The lowest BCUT2D eigenvalue weighted by atomic mass is 10.0. The third-order valence-corrected chi connectivity index (χ3v) is 15.3. The van der Waals surface area contributed by atoms with E-state index >= 15 is 0 Å². The fraction of sp³-hybridized carbons (Fsp3) is 0.845. The molecule has 0 fully saturated rings. The van der Waals surface area contributed by atoms with Crippen LogP contribution in [0, 0.1) is 0 Å². The first-order chi connectivity index (χ1) is 38.0. The molecule has 0 aliphatic rings.